The van der Waals surface area contributed by atoms with Crippen molar-refractivity contribution in [3.63, 3.8) is 0 Å². The summed E-state index contributed by atoms with van der Waals surface area (Å²) in [6.07, 6.45) is -3.05. The Kier molecular flexibility index (Phi) is 2.92. The van der Waals surface area contributed by atoms with Crippen molar-refractivity contribution in [1.29, 1.82) is 0 Å². The predicted molar refractivity (Wildman–Crippen MR) is 44.9 cm³/mol. The monoisotopic (exact) mass is 254 g/mol. The molecule has 0 saturated heterocycles. The standard InChI is InChI=1S/C7H6BrF3N2/c8-6-4(2-1-3-13-6)5(12)7(9,10)11/h1-3,5H,12H2. The molecule has 1 unspecified atom stereocenters. The van der Waals surface area contributed by atoms with Crippen molar-refractivity contribution in [3.8, 4) is 0 Å². The summed E-state index contributed by atoms with van der Waals surface area (Å²) >= 11 is 2.90. The zero-order valence-corrected chi connectivity index (χ0v) is 7.93. The average Bonchev–Trinajstić information content (AvgIpc) is 2.02. The van der Waals surface area contributed by atoms with Crippen LogP contribution in [0.2, 0.25) is 0 Å². The Bertz CT molecular complexity index is 300. The first-order valence-corrected chi connectivity index (χ1v) is 4.15. The van der Waals surface area contributed by atoms with Gasteiger partial charge in [0.1, 0.15) is 10.6 Å². The summed E-state index contributed by atoms with van der Waals surface area (Å²) in [4.78, 5) is 3.65. The van der Waals surface area contributed by atoms with Gasteiger partial charge in [-0.05, 0) is 22.0 Å². The number of nitrogens with two attached hydrogens (primary N) is 1. The van der Waals surface area contributed by atoms with E-state index in [1.165, 1.54) is 18.3 Å². The molecule has 0 aromatic carbocycles. The second-order valence-corrected chi connectivity index (χ2v) is 3.15. The van der Waals surface area contributed by atoms with Gasteiger partial charge in [-0.25, -0.2) is 4.98 Å². The van der Waals surface area contributed by atoms with E-state index in [-0.39, 0.29) is 10.2 Å². The van der Waals surface area contributed by atoms with Crippen LogP contribution in [0.15, 0.2) is 22.9 Å². The van der Waals surface area contributed by atoms with Gasteiger partial charge in [0.2, 0.25) is 0 Å². The van der Waals surface area contributed by atoms with E-state index >= 15 is 0 Å². The first-order chi connectivity index (χ1) is 5.93. The minimum Gasteiger partial charge on any atom is -0.316 e. The third-order valence-corrected chi connectivity index (χ3v) is 2.14. The van der Waals surface area contributed by atoms with Gasteiger partial charge in [0, 0.05) is 11.8 Å². The minimum atomic E-state index is -4.44. The van der Waals surface area contributed by atoms with E-state index in [0.717, 1.165) is 0 Å². The molecule has 1 rings (SSSR count). The second kappa shape index (κ2) is 3.63. The molecule has 1 aromatic heterocycles. The van der Waals surface area contributed by atoms with Crippen molar-refractivity contribution in [2.45, 2.75) is 12.2 Å². The molecule has 0 aliphatic carbocycles. The number of nitrogens with zero attached hydrogens (tertiary/aromatic N) is 1. The van der Waals surface area contributed by atoms with Crippen LogP contribution in [0.5, 0.6) is 0 Å². The molecule has 0 fully saturated rings. The van der Waals surface area contributed by atoms with E-state index in [9.17, 15) is 13.2 Å². The van der Waals surface area contributed by atoms with Crippen LogP contribution in [0.4, 0.5) is 13.2 Å². The SMILES string of the molecule is NC(c1cccnc1Br)C(F)(F)F. The van der Waals surface area contributed by atoms with E-state index in [1.807, 2.05) is 0 Å². The Labute approximate surface area is 81.1 Å². The van der Waals surface area contributed by atoms with Crippen LogP contribution in [0.25, 0.3) is 0 Å². The molecule has 0 amide bonds. The number of aromatic nitrogens is 1. The van der Waals surface area contributed by atoms with Crippen LogP contribution >= 0.6 is 15.9 Å². The van der Waals surface area contributed by atoms with E-state index in [1.54, 1.807) is 0 Å². The molecule has 2 N–H and O–H groups in total. The first kappa shape index (κ1) is 10.5. The third kappa shape index (κ3) is 2.41. The smallest absolute Gasteiger partial charge is 0.316 e. The van der Waals surface area contributed by atoms with Gasteiger partial charge in [-0.2, -0.15) is 13.2 Å². The second-order valence-electron chi connectivity index (χ2n) is 2.40. The Balaban J connectivity index is 3.02. The summed E-state index contributed by atoms with van der Waals surface area (Å²) in [5.74, 6) is 0. The number of alkyl halides is 3. The maximum absolute atomic E-state index is 12.1. The highest BCUT2D eigenvalue weighted by atomic mass is 79.9. The van der Waals surface area contributed by atoms with Gasteiger partial charge in [-0.15, -0.1) is 0 Å². The number of hydrogen-bond acceptors (Lipinski definition) is 2. The van der Waals surface area contributed by atoms with Crippen molar-refractivity contribution in [3.05, 3.63) is 28.5 Å². The molecule has 0 bridgehead atoms. The lowest BCUT2D eigenvalue weighted by Gasteiger charge is -2.16. The molecule has 0 aliphatic heterocycles. The zero-order valence-electron chi connectivity index (χ0n) is 6.35. The lowest BCUT2D eigenvalue weighted by atomic mass is 10.1. The van der Waals surface area contributed by atoms with E-state index in [2.05, 4.69) is 20.9 Å². The van der Waals surface area contributed by atoms with Gasteiger partial charge in [-0.3, -0.25) is 0 Å². The molecule has 0 aliphatic rings. The number of hydrogen-bond donors (Lipinski definition) is 1. The zero-order chi connectivity index (χ0) is 10.1. The highest BCUT2D eigenvalue weighted by molar-refractivity contribution is 9.10. The molecular formula is C7H6BrF3N2. The van der Waals surface area contributed by atoms with Crippen LogP contribution in [0, 0.1) is 0 Å². The number of rotatable bonds is 1. The minimum absolute atomic E-state index is 0.0602. The van der Waals surface area contributed by atoms with Crippen LogP contribution in [0.3, 0.4) is 0 Å². The van der Waals surface area contributed by atoms with Gasteiger partial charge in [0.15, 0.2) is 0 Å². The molecule has 13 heavy (non-hydrogen) atoms. The largest absolute Gasteiger partial charge is 0.407 e. The summed E-state index contributed by atoms with van der Waals surface area (Å²) in [5.41, 5.74) is 4.92. The van der Waals surface area contributed by atoms with Gasteiger partial charge < -0.3 is 5.73 Å². The molecule has 1 aromatic rings. The summed E-state index contributed by atoms with van der Waals surface area (Å²) in [5, 5.41) is 0. The molecule has 0 spiro atoms. The Hall–Kier alpha value is -0.620. The maximum Gasteiger partial charge on any atom is 0.407 e. The van der Waals surface area contributed by atoms with Crippen molar-refractivity contribution in [2.75, 3.05) is 0 Å². The highest BCUT2D eigenvalue weighted by Gasteiger charge is 2.38. The van der Waals surface area contributed by atoms with Crippen LogP contribution in [0.1, 0.15) is 11.6 Å². The topological polar surface area (TPSA) is 38.9 Å². The summed E-state index contributed by atoms with van der Waals surface area (Å²) in [6, 6.07) is 0.705. The molecule has 1 atom stereocenters. The van der Waals surface area contributed by atoms with Crippen LogP contribution < -0.4 is 5.73 Å². The first-order valence-electron chi connectivity index (χ1n) is 3.35. The quantitative estimate of drug-likeness (QED) is 0.782. The van der Waals surface area contributed by atoms with E-state index < -0.39 is 12.2 Å². The van der Waals surface area contributed by atoms with Gasteiger partial charge in [-0.1, -0.05) is 6.07 Å². The predicted octanol–water partition coefficient (Wildman–Crippen LogP) is 2.41. The van der Waals surface area contributed by atoms with Gasteiger partial charge >= 0.3 is 6.18 Å². The van der Waals surface area contributed by atoms with Crippen LogP contribution in [-0.2, 0) is 0 Å². The van der Waals surface area contributed by atoms with E-state index in [4.69, 9.17) is 5.73 Å². The Morgan fingerprint density at radius 1 is 1.46 bits per heavy atom. The van der Waals surface area contributed by atoms with Crippen molar-refractivity contribution >= 4 is 15.9 Å². The molecule has 2 nitrogen and oxygen atoms in total. The van der Waals surface area contributed by atoms with Crippen LogP contribution in [-0.4, -0.2) is 11.2 Å². The summed E-state index contributed by atoms with van der Waals surface area (Å²) in [7, 11) is 0. The molecule has 72 valence electrons. The normalized spacial score (nSPS) is 14.2. The van der Waals surface area contributed by atoms with Gasteiger partial charge in [0.05, 0.1) is 0 Å². The van der Waals surface area contributed by atoms with Crippen molar-refractivity contribution in [1.82, 2.24) is 4.98 Å². The van der Waals surface area contributed by atoms with Crippen molar-refractivity contribution < 1.29 is 13.2 Å². The summed E-state index contributed by atoms with van der Waals surface area (Å²) in [6.45, 7) is 0. The maximum atomic E-state index is 12.1. The molecular weight excluding hydrogens is 249 g/mol. The fourth-order valence-electron chi connectivity index (χ4n) is 0.807. The molecule has 0 radical (unpaired) electrons. The lowest BCUT2D eigenvalue weighted by molar-refractivity contribution is -0.149. The summed E-state index contributed by atoms with van der Waals surface area (Å²) < 4.78 is 36.5. The molecule has 0 saturated carbocycles. The average molecular weight is 255 g/mol. The lowest BCUT2D eigenvalue weighted by Crippen LogP contribution is -2.28. The fourth-order valence-corrected chi connectivity index (χ4v) is 1.30. The highest BCUT2D eigenvalue weighted by Crippen LogP contribution is 2.32. The number of halogens is 4. The van der Waals surface area contributed by atoms with Crippen molar-refractivity contribution in [2.24, 2.45) is 5.73 Å². The Morgan fingerprint density at radius 2 is 2.08 bits per heavy atom. The van der Waals surface area contributed by atoms with Gasteiger partial charge in [0.25, 0.3) is 0 Å². The number of pyridine rings is 1. The Morgan fingerprint density at radius 3 is 2.54 bits per heavy atom. The third-order valence-electron chi connectivity index (χ3n) is 1.48. The van der Waals surface area contributed by atoms with E-state index in [0.29, 0.717) is 0 Å². The molecule has 6 heteroatoms. The fraction of sp³-hybridized carbons (Fsp3) is 0.286. The molecule has 1 heterocycles.